The summed E-state index contributed by atoms with van der Waals surface area (Å²) in [5.41, 5.74) is 12.1. The lowest BCUT2D eigenvalue weighted by Crippen LogP contribution is -2.31. The summed E-state index contributed by atoms with van der Waals surface area (Å²) >= 11 is 11.8. The van der Waals surface area contributed by atoms with Gasteiger partial charge < -0.3 is 11.5 Å². The van der Waals surface area contributed by atoms with Crippen molar-refractivity contribution in [2.24, 2.45) is 16.9 Å². The summed E-state index contributed by atoms with van der Waals surface area (Å²) in [6.07, 6.45) is 0. The van der Waals surface area contributed by atoms with E-state index in [-0.39, 0.29) is 23.9 Å². The molecule has 4 N–H and O–H groups in total. The van der Waals surface area contributed by atoms with Crippen LogP contribution in [0.25, 0.3) is 0 Å². The van der Waals surface area contributed by atoms with Crippen LogP contribution in [0.2, 0.25) is 10.0 Å². The fourth-order valence-electron chi connectivity index (χ4n) is 3.46. The van der Waals surface area contributed by atoms with Crippen LogP contribution in [-0.4, -0.2) is 26.8 Å². The summed E-state index contributed by atoms with van der Waals surface area (Å²) in [6.45, 7) is 0.405. The molecule has 0 spiro atoms. The van der Waals surface area contributed by atoms with Gasteiger partial charge in [-0.3, -0.25) is 0 Å². The molecule has 0 heterocycles. The van der Waals surface area contributed by atoms with Gasteiger partial charge in [-0.1, -0.05) is 35.3 Å². The molecule has 0 unspecified atom stereocenters. The van der Waals surface area contributed by atoms with Crippen LogP contribution in [0.4, 0.5) is 0 Å². The molecule has 4 nitrogen and oxygen atoms in total. The Hall–Kier alpha value is -1.11. The number of nitrogens with two attached hydrogens (primary N) is 2. The molecule has 3 rings (SSSR count). The summed E-state index contributed by atoms with van der Waals surface area (Å²) in [5.74, 6) is -0.245. The second-order valence-corrected chi connectivity index (χ2v) is 9.03. The van der Waals surface area contributed by atoms with E-state index in [0.29, 0.717) is 10.0 Å². The van der Waals surface area contributed by atoms with Gasteiger partial charge in [-0.2, -0.15) is 0 Å². The highest BCUT2D eigenvalue weighted by molar-refractivity contribution is 7.92. The van der Waals surface area contributed by atoms with Gasteiger partial charge in [-0.25, -0.2) is 8.42 Å². The van der Waals surface area contributed by atoms with Crippen molar-refractivity contribution < 1.29 is 8.42 Å². The van der Waals surface area contributed by atoms with Crippen molar-refractivity contribution >= 4 is 33.0 Å². The van der Waals surface area contributed by atoms with Crippen molar-refractivity contribution in [3.05, 3.63) is 64.1 Å². The van der Waals surface area contributed by atoms with Crippen molar-refractivity contribution in [1.29, 1.82) is 0 Å². The van der Waals surface area contributed by atoms with Crippen LogP contribution in [0.1, 0.15) is 11.5 Å². The van der Waals surface area contributed by atoms with E-state index >= 15 is 0 Å². The van der Waals surface area contributed by atoms with Gasteiger partial charge in [0, 0.05) is 34.5 Å². The smallest absolute Gasteiger partial charge is 0.182 e. The lowest BCUT2D eigenvalue weighted by molar-refractivity contribution is 0.510. The van der Waals surface area contributed by atoms with E-state index in [2.05, 4.69) is 0 Å². The molecule has 0 saturated heterocycles. The van der Waals surface area contributed by atoms with E-state index in [1.54, 1.807) is 24.3 Å². The van der Waals surface area contributed by atoms with Crippen molar-refractivity contribution in [3.63, 3.8) is 0 Å². The van der Waals surface area contributed by atoms with Crippen LogP contribution in [0, 0.1) is 5.41 Å². The highest BCUT2D eigenvalue weighted by Gasteiger charge is 2.69. The summed E-state index contributed by atoms with van der Waals surface area (Å²) in [4.78, 5) is 0.236. The third kappa shape index (κ3) is 2.74. The minimum atomic E-state index is -3.57. The molecule has 1 fully saturated rings. The van der Waals surface area contributed by atoms with Crippen LogP contribution in [-0.2, 0) is 9.84 Å². The molecule has 0 aromatic heterocycles. The van der Waals surface area contributed by atoms with Crippen molar-refractivity contribution in [2.45, 2.75) is 16.1 Å². The lowest BCUT2D eigenvalue weighted by atomic mass is 9.99. The molecule has 1 saturated carbocycles. The molecular weight excluding hydrogens is 367 g/mol. The molecule has 2 atom stereocenters. The first kappa shape index (κ1) is 17.7. The van der Waals surface area contributed by atoms with Crippen LogP contribution in [0.3, 0.4) is 0 Å². The van der Waals surface area contributed by atoms with Crippen LogP contribution >= 0.6 is 23.2 Å². The number of sulfone groups is 1. The van der Waals surface area contributed by atoms with Gasteiger partial charge in [0.15, 0.2) is 9.84 Å². The second-order valence-electron chi connectivity index (χ2n) is 6.09. The van der Waals surface area contributed by atoms with Crippen LogP contribution in [0.15, 0.2) is 53.4 Å². The van der Waals surface area contributed by atoms with E-state index in [9.17, 15) is 8.42 Å². The zero-order valence-corrected chi connectivity index (χ0v) is 15.2. The van der Waals surface area contributed by atoms with Crippen molar-refractivity contribution in [1.82, 2.24) is 0 Å². The Kier molecular flexibility index (Phi) is 4.66. The van der Waals surface area contributed by atoms with Gasteiger partial charge in [0.1, 0.15) is 0 Å². The first-order valence-corrected chi connectivity index (χ1v) is 9.82. The first-order chi connectivity index (χ1) is 11.4. The summed E-state index contributed by atoms with van der Waals surface area (Å²) in [6, 6.07) is 13.4. The van der Waals surface area contributed by atoms with E-state index < -0.39 is 20.5 Å². The highest BCUT2D eigenvalue weighted by atomic mass is 35.5. The Morgan fingerprint density at radius 2 is 1.33 bits per heavy atom. The zero-order valence-electron chi connectivity index (χ0n) is 12.8. The molecule has 0 radical (unpaired) electrons. The SMILES string of the molecule is NCC1(CN)[C@@H](c2ccc(Cl)cc2)[C@@H]1S(=O)(=O)c1ccc(Cl)cc1. The molecule has 0 aliphatic heterocycles. The van der Waals surface area contributed by atoms with Gasteiger partial charge in [-0.15, -0.1) is 0 Å². The number of benzene rings is 2. The van der Waals surface area contributed by atoms with Crippen LogP contribution in [0.5, 0.6) is 0 Å². The summed E-state index contributed by atoms with van der Waals surface area (Å²) in [5, 5.41) is 0.438. The second kappa shape index (κ2) is 6.32. The Bertz CT molecular complexity index is 832. The van der Waals surface area contributed by atoms with E-state index in [4.69, 9.17) is 34.7 Å². The van der Waals surface area contributed by atoms with E-state index in [0.717, 1.165) is 5.56 Å². The minimum absolute atomic E-state index is 0.203. The quantitative estimate of drug-likeness (QED) is 0.829. The van der Waals surface area contributed by atoms with Gasteiger partial charge in [0.2, 0.25) is 0 Å². The number of rotatable bonds is 5. The Labute approximate surface area is 151 Å². The highest BCUT2D eigenvalue weighted by Crippen LogP contribution is 2.63. The number of halogens is 2. The molecule has 24 heavy (non-hydrogen) atoms. The maximum Gasteiger partial charge on any atom is 0.182 e. The topological polar surface area (TPSA) is 86.2 Å². The normalized spacial score (nSPS) is 22.3. The van der Waals surface area contributed by atoms with Gasteiger partial charge in [0.25, 0.3) is 0 Å². The van der Waals surface area contributed by atoms with E-state index in [1.807, 2.05) is 12.1 Å². The molecule has 1 aliphatic carbocycles. The average molecular weight is 385 g/mol. The van der Waals surface area contributed by atoms with Gasteiger partial charge >= 0.3 is 0 Å². The standard InChI is InChI=1S/C17H18Cl2N2O2S/c18-12-3-1-11(2-4-12)15-16(17(15,9-20)10-21)24(22,23)14-7-5-13(19)6-8-14/h1-8,15-16H,9-10,20-21H2/t15-,16-/m0/s1. The molecule has 2 aromatic rings. The molecule has 128 valence electrons. The Morgan fingerprint density at radius 1 is 0.875 bits per heavy atom. The average Bonchev–Trinajstić information content (AvgIpc) is 3.26. The predicted octanol–water partition coefficient (Wildman–Crippen LogP) is 2.84. The maximum atomic E-state index is 13.1. The molecule has 1 aliphatic rings. The summed E-state index contributed by atoms with van der Waals surface area (Å²) in [7, 11) is -3.57. The zero-order chi connectivity index (χ0) is 17.5. The van der Waals surface area contributed by atoms with Crippen molar-refractivity contribution in [2.75, 3.05) is 13.1 Å². The third-order valence-corrected chi connectivity index (χ3v) is 7.69. The molecule has 0 bridgehead atoms. The number of hydrogen-bond donors (Lipinski definition) is 2. The lowest BCUT2D eigenvalue weighted by Gasteiger charge is -2.13. The Balaban J connectivity index is 2.04. The fourth-order valence-corrected chi connectivity index (χ4v) is 6.18. The first-order valence-electron chi connectivity index (χ1n) is 7.52. The minimum Gasteiger partial charge on any atom is -0.330 e. The van der Waals surface area contributed by atoms with Gasteiger partial charge in [0.05, 0.1) is 10.1 Å². The van der Waals surface area contributed by atoms with Crippen LogP contribution < -0.4 is 11.5 Å². The Morgan fingerprint density at radius 3 is 1.79 bits per heavy atom. The molecular formula is C17H18Cl2N2O2S. The van der Waals surface area contributed by atoms with Crippen molar-refractivity contribution in [3.8, 4) is 0 Å². The molecule has 0 amide bonds. The molecule has 2 aromatic carbocycles. The monoisotopic (exact) mass is 384 g/mol. The fraction of sp³-hybridized carbons (Fsp3) is 0.294. The molecule has 7 heteroatoms. The predicted molar refractivity (Wildman–Crippen MR) is 97.2 cm³/mol. The maximum absolute atomic E-state index is 13.1. The largest absolute Gasteiger partial charge is 0.330 e. The summed E-state index contributed by atoms with van der Waals surface area (Å²) < 4.78 is 26.2. The number of hydrogen-bond acceptors (Lipinski definition) is 4. The third-order valence-electron chi connectivity index (χ3n) is 4.85. The van der Waals surface area contributed by atoms with Gasteiger partial charge in [-0.05, 0) is 42.0 Å². The van der Waals surface area contributed by atoms with E-state index in [1.165, 1.54) is 12.1 Å².